The number of nitrogens with two attached hydrogens (primary N) is 1. The molecule has 72 valence electrons. The summed E-state index contributed by atoms with van der Waals surface area (Å²) in [5.41, 5.74) is 5.15. The first kappa shape index (κ1) is 11.7. The van der Waals surface area contributed by atoms with Crippen LogP contribution in [0.2, 0.25) is 0 Å². The summed E-state index contributed by atoms with van der Waals surface area (Å²) in [6.45, 7) is 0.678. The molecule has 0 aromatic heterocycles. The fourth-order valence-electron chi connectivity index (χ4n) is 0.644. The molecule has 1 unspecified atom stereocenters. The number of carbonyl (C=O) groups is 1. The van der Waals surface area contributed by atoms with E-state index in [0.717, 1.165) is 0 Å². The normalized spacial score (nSPS) is 12.6. The highest BCUT2D eigenvalue weighted by Crippen LogP contribution is 2.01. The summed E-state index contributed by atoms with van der Waals surface area (Å²) in [5.74, 6) is -0.213. The van der Waals surface area contributed by atoms with Gasteiger partial charge in [0.25, 0.3) is 0 Å². The van der Waals surface area contributed by atoms with Crippen LogP contribution in [0.25, 0.3) is 0 Å². The van der Waals surface area contributed by atoms with Gasteiger partial charge in [-0.15, -0.1) is 0 Å². The maximum Gasteiger partial charge on any atom is 0.305 e. The predicted molar refractivity (Wildman–Crippen MR) is 51.1 cm³/mol. The fraction of sp³-hybridized carbons (Fsp3) is 0.857. The zero-order valence-electron chi connectivity index (χ0n) is 7.25. The van der Waals surface area contributed by atoms with E-state index in [0.29, 0.717) is 26.0 Å². The Balaban J connectivity index is 3.31. The van der Waals surface area contributed by atoms with E-state index in [2.05, 4.69) is 17.9 Å². The minimum absolute atomic E-state index is 0.0513. The molecule has 0 aliphatic heterocycles. The molecule has 4 nitrogen and oxygen atoms in total. The third-order valence-corrected chi connectivity index (χ3v) is 1.85. The van der Waals surface area contributed by atoms with Crippen molar-refractivity contribution < 1.29 is 9.53 Å². The van der Waals surface area contributed by atoms with Crippen LogP contribution in [0.15, 0.2) is 0 Å². The zero-order chi connectivity index (χ0) is 9.40. The number of rotatable bonds is 6. The van der Waals surface area contributed by atoms with Gasteiger partial charge in [-0.2, -0.15) is 12.6 Å². The first-order valence-electron chi connectivity index (χ1n) is 3.91. The lowest BCUT2D eigenvalue weighted by Crippen LogP contribution is -2.21. The number of nitrogens with one attached hydrogen (secondary N) is 1. The average Bonchev–Trinajstić information content (AvgIpc) is 2.10. The van der Waals surface area contributed by atoms with Gasteiger partial charge in [-0.25, -0.2) is 0 Å². The number of carbonyl (C=O) groups excluding carboxylic acids is 1. The molecule has 0 aromatic rings. The van der Waals surface area contributed by atoms with Crippen LogP contribution in [0, 0.1) is 0 Å². The van der Waals surface area contributed by atoms with Gasteiger partial charge in [0.1, 0.15) is 6.61 Å². The topological polar surface area (TPSA) is 64.3 Å². The highest BCUT2D eigenvalue weighted by molar-refractivity contribution is 7.80. The van der Waals surface area contributed by atoms with Crippen LogP contribution < -0.4 is 11.1 Å². The monoisotopic (exact) mass is 192 g/mol. The molecule has 0 radical (unpaired) electrons. The summed E-state index contributed by atoms with van der Waals surface area (Å²) in [7, 11) is 1.79. The fourth-order valence-corrected chi connectivity index (χ4v) is 0.773. The second kappa shape index (κ2) is 7.39. The zero-order valence-corrected chi connectivity index (χ0v) is 8.14. The molecule has 1 atom stereocenters. The molecule has 0 fully saturated rings. The van der Waals surface area contributed by atoms with E-state index in [1.54, 1.807) is 7.05 Å². The smallest absolute Gasteiger partial charge is 0.305 e. The van der Waals surface area contributed by atoms with Crippen molar-refractivity contribution in [2.45, 2.75) is 18.2 Å². The maximum absolute atomic E-state index is 10.9. The Morgan fingerprint density at radius 2 is 2.42 bits per heavy atom. The molecule has 0 rings (SSSR count). The standard InChI is InChI=1S/C7H16N2O2S/c1-9-6(12)2-3-7(10)11-5-4-8/h6,9,12H,2-5,8H2,1H3. The van der Waals surface area contributed by atoms with Gasteiger partial charge in [0.2, 0.25) is 0 Å². The molecule has 3 N–H and O–H groups in total. The van der Waals surface area contributed by atoms with Gasteiger partial charge < -0.3 is 15.8 Å². The minimum Gasteiger partial charge on any atom is -0.464 e. The summed E-state index contributed by atoms with van der Waals surface area (Å²) in [6.07, 6.45) is 1.05. The second-order valence-electron chi connectivity index (χ2n) is 2.35. The van der Waals surface area contributed by atoms with Crippen molar-refractivity contribution in [1.82, 2.24) is 5.32 Å². The first-order valence-corrected chi connectivity index (χ1v) is 4.43. The quantitative estimate of drug-likeness (QED) is 0.308. The maximum atomic E-state index is 10.9. The molecule has 5 heteroatoms. The summed E-state index contributed by atoms with van der Waals surface area (Å²) in [6, 6.07) is 0. The summed E-state index contributed by atoms with van der Waals surface area (Å²) < 4.78 is 4.76. The third kappa shape index (κ3) is 6.45. The molecule has 0 saturated carbocycles. The van der Waals surface area contributed by atoms with Crippen LogP contribution in [0.3, 0.4) is 0 Å². The van der Waals surface area contributed by atoms with Crippen LogP contribution >= 0.6 is 12.6 Å². The number of thiol groups is 1. The van der Waals surface area contributed by atoms with Gasteiger partial charge in [0, 0.05) is 13.0 Å². The van der Waals surface area contributed by atoms with Crippen molar-refractivity contribution in [1.29, 1.82) is 0 Å². The van der Waals surface area contributed by atoms with E-state index in [9.17, 15) is 4.79 Å². The van der Waals surface area contributed by atoms with Crippen LogP contribution in [-0.4, -0.2) is 31.5 Å². The van der Waals surface area contributed by atoms with E-state index in [-0.39, 0.29) is 11.3 Å². The Kier molecular flexibility index (Phi) is 7.23. The van der Waals surface area contributed by atoms with Crippen molar-refractivity contribution in [2.75, 3.05) is 20.2 Å². The van der Waals surface area contributed by atoms with E-state index in [1.807, 2.05) is 0 Å². The van der Waals surface area contributed by atoms with Gasteiger partial charge in [0.05, 0.1) is 5.37 Å². The Hall–Kier alpha value is -0.260. The first-order chi connectivity index (χ1) is 5.70. The molecule has 0 aromatic carbocycles. The lowest BCUT2D eigenvalue weighted by atomic mass is 10.3. The average molecular weight is 192 g/mol. The second-order valence-corrected chi connectivity index (χ2v) is 2.98. The number of hydrogen-bond donors (Lipinski definition) is 3. The molecule has 0 aliphatic rings. The van der Waals surface area contributed by atoms with Gasteiger partial charge >= 0.3 is 5.97 Å². The lowest BCUT2D eigenvalue weighted by Gasteiger charge is -2.08. The van der Waals surface area contributed by atoms with Crippen LogP contribution in [0.5, 0.6) is 0 Å². The van der Waals surface area contributed by atoms with E-state index < -0.39 is 0 Å². The largest absolute Gasteiger partial charge is 0.464 e. The Bertz CT molecular complexity index is 133. The number of ether oxygens (including phenoxy) is 1. The van der Waals surface area contributed by atoms with E-state index in [4.69, 9.17) is 10.5 Å². The molecular weight excluding hydrogens is 176 g/mol. The van der Waals surface area contributed by atoms with Crippen molar-refractivity contribution >= 4 is 18.6 Å². The number of esters is 1. The highest BCUT2D eigenvalue weighted by atomic mass is 32.1. The lowest BCUT2D eigenvalue weighted by molar-refractivity contribution is -0.143. The van der Waals surface area contributed by atoms with Gasteiger partial charge in [-0.3, -0.25) is 4.79 Å². The van der Waals surface area contributed by atoms with Crippen molar-refractivity contribution in [3.8, 4) is 0 Å². The summed E-state index contributed by atoms with van der Waals surface area (Å²) in [5, 5.41) is 2.96. The predicted octanol–water partition coefficient (Wildman–Crippen LogP) is -0.256. The SMILES string of the molecule is CNC(S)CCC(=O)OCCN. The molecule has 0 aliphatic carbocycles. The Morgan fingerprint density at radius 1 is 1.75 bits per heavy atom. The molecular formula is C7H16N2O2S. The summed E-state index contributed by atoms with van der Waals surface area (Å²) in [4.78, 5) is 10.9. The molecule has 0 amide bonds. The van der Waals surface area contributed by atoms with Gasteiger partial charge in [-0.05, 0) is 13.5 Å². The Labute approximate surface area is 78.2 Å². The number of hydrogen-bond acceptors (Lipinski definition) is 5. The molecule has 0 spiro atoms. The van der Waals surface area contributed by atoms with Crippen LogP contribution in [0.4, 0.5) is 0 Å². The van der Waals surface area contributed by atoms with Gasteiger partial charge in [0.15, 0.2) is 0 Å². The van der Waals surface area contributed by atoms with E-state index in [1.165, 1.54) is 0 Å². The molecule has 12 heavy (non-hydrogen) atoms. The van der Waals surface area contributed by atoms with Gasteiger partial charge in [-0.1, -0.05) is 0 Å². The highest BCUT2D eigenvalue weighted by Gasteiger charge is 2.05. The van der Waals surface area contributed by atoms with Crippen LogP contribution in [-0.2, 0) is 9.53 Å². The molecule has 0 heterocycles. The Morgan fingerprint density at radius 3 is 2.92 bits per heavy atom. The molecule has 0 bridgehead atoms. The van der Waals surface area contributed by atoms with Crippen molar-refractivity contribution in [3.63, 3.8) is 0 Å². The van der Waals surface area contributed by atoms with Crippen molar-refractivity contribution in [2.24, 2.45) is 5.73 Å². The third-order valence-electron chi connectivity index (χ3n) is 1.34. The van der Waals surface area contributed by atoms with Crippen LogP contribution in [0.1, 0.15) is 12.8 Å². The summed E-state index contributed by atoms with van der Waals surface area (Å²) >= 11 is 4.15. The van der Waals surface area contributed by atoms with Crippen molar-refractivity contribution in [3.05, 3.63) is 0 Å². The van der Waals surface area contributed by atoms with E-state index >= 15 is 0 Å². The molecule has 0 saturated heterocycles. The minimum atomic E-state index is -0.213.